The second-order valence-corrected chi connectivity index (χ2v) is 7.46. The van der Waals surface area contributed by atoms with Crippen LogP contribution in [0.15, 0.2) is 57.6 Å². The molecule has 0 aliphatic heterocycles. The number of hydrogen-bond acceptors (Lipinski definition) is 6. The SMILES string of the molecule is CC(C)(C)c1ccc([O-])c(N=Nc2ccc(S(=O)(=O)[O-])cc2)c1.[Na+].[Na+]. The third kappa shape index (κ3) is 7.11. The number of azo groups is 1. The Kier molecular flexibility index (Phi) is 9.52. The average Bonchev–Trinajstić information content (AvgIpc) is 2.44. The normalized spacial score (nSPS) is 11.7. The molecule has 0 aliphatic rings. The van der Waals surface area contributed by atoms with Crippen molar-refractivity contribution in [3.63, 3.8) is 0 Å². The van der Waals surface area contributed by atoms with E-state index < -0.39 is 10.1 Å². The first-order valence-corrected chi connectivity index (χ1v) is 8.27. The van der Waals surface area contributed by atoms with Crippen LogP contribution in [0.1, 0.15) is 26.3 Å². The maximum atomic E-state index is 11.8. The third-order valence-corrected chi connectivity index (χ3v) is 4.07. The zero-order valence-electron chi connectivity index (χ0n) is 15.0. The van der Waals surface area contributed by atoms with Crippen molar-refractivity contribution in [2.45, 2.75) is 31.1 Å². The van der Waals surface area contributed by atoms with Crippen molar-refractivity contribution in [2.24, 2.45) is 10.2 Å². The molecule has 0 N–H and O–H groups in total. The Morgan fingerprint density at radius 2 is 1.48 bits per heavy atom. The molecule has 25 heavy (non-hydrogen) atoms. The molecular formula is C16H16N2Na2O4S. The van der Waals surface area contributed by atoms with Gasteiger partial charge < -0.3 is 9.66 Å². The molecule has 2 rings (SSSR count). The minimum atomic E-state index is -4.49. The van der Waals surface area contributed by atoms with Crippen molar-refractivity contribution in [3.05, 3.63) is 48.0 Å². The van der Waals surface area contributed by atoms with Crippen LogP contribution in [0.4, 0.5) is 11.4 Å². The largest absolute Gasteiger partial charge is 1.00 e. The van der Waals surface area contributed by atoms with E-state index in [1.165, 1.54) is 18.2 Å². The molecule has 2 aromatic rings. The van der Waals surface area contributed by atoms with Gasteiger partial charge in [0, 0.05) is 0 Å². The summed E-state index contributed by atoms with van der Waals surface area (Å²) >= 11 is 0. The molecule has 6 nitrogen and oxygen atoms in total. The zero-order chi connectivity index (χ0) is 17.3. The van der Waals surface area contributed by atoms with Crippen LogP contribution in [0.2, 0.25) is 0 Å². The van der Waals surface area contributed by atoms with Crippen molar-refractivity contribution in [1.29, 1.82) is 0 Å². The first kappa shape index (κ1) is 24.8. The zero-order valence-corrected chi connectivity index (χ0v) is 19.8. The van der Waals surface area contributed by atoms with Gasteiger partial charge in [-0.3, -0.25) is 0 Å². The van der Waals surface area contributed by atoms with Crippen LogP contribution in [0, 0.1) is 0 Å². The van der Waals surface area contributed by atoms with Gasteiger partial charge >= 0.3 is 59.1 Å². The summed E-state index contributed by atoms with van der Waals surface area (Å²) in [6.45, 7) is 6.07. The van der Waals surface area contributed by atoms with Crippen LogP contribution in [0.5, 0.6) is 5.75 Å². The van der Waals surface area contributed by atoms with Crippen molar-refractivity contribution in [2.75, 3.05) is 0 Å². The average molecular weight is 378 g/mol. The Labute approximate surface area is 192 Å². The molecular weight excluding hydrogens is 362 g/mol. The van der Waals surface area contributed by atoms with Crippen LogP contribution in [0.3, 0.4) is 0 Å². The molecule has 122 valence electrons. The second-order valence-electron chi connectivity index (χ2n) is 6.08. The van der Waals surface area contributed by atoms with Crippen LogP contribution >= 0.6 is 0 Å². The monoisotopic (exact) mass is 378 g/mol. The summed E-state index contributed by atoms with van der Waals surface area (Å²) in [6.07, 6.45) is 0. The number of nitrogens with zero attached hydrogens (tertiary/aromatic N) is 2. The molecule has 2 aromatic carbocycles. The van der Waals surface area contributed by atoms with Gasteiger partial charge in [-0.25, -0.2) is 8.42 Å². The van der Waals surface area contributed by atoms with Crippen molar-refractivity contribution in [3.8, 4) is 5.75 Å². The molecule has 9 heteroatoms. The van der Waals surface area contributed by atoms with Gasteiger partial charge in [0.15, 0.2) is 0 Å². The minimum absolute atomic E-state index is 0. The quantitative estimate of drug-likeness (QED) is 0.331. The Balaban J connectivity index is 0.00000288. The number of benzene rings is 2. The smallest absolute Gasteiger partial charge is 0.871 e. The standard InChI is InChI=1S/C16H18N2O4S.2Na/c1-16(2,3)11-4-9-15(19)14(10-11)18-17-12-5-7-13(8-6-12)23(20,21)22;;/h4-10,19H,1-3H3,(H,20,21,22);;/q;2*+1/p-2. The van der Waals surface area contributed by atoms with Gasteiger partial charge in [0.2, 0.25) is 0 Å². The summed E-state index contributed by atoms with van der Waals surface area (Å²) in [5, 5.41) is 19.7. The van der Waals surface area contributed by atoms with E-state index in [1.807, 2.05) is 20.8 Å². The van der Waals surface area contributed by atoms with E-state index in [4.69, 9.17) is 0 Å². The van der Waals surface area contributed by atoms with Gasteiger partial charge in [-0.2, -0.15) is 10.2 Å². The van der Waals surface area contributed by atoms with Crippen molar-refractivity contribution in [1.82, 2.24) is 0 Å². The fraction of sp³-hybridized carbons (Fsp3) is 0.250. The van der Waals surface area contributed by atoms with Crippen LogP contribution < -0.4 is 64.2 Å². The molecule has 0 radical (unpaired) electrons. The Bertz CT molecular complexity index is 845. The Morgan fingerprint density at radius 1 is 0.920 bits per heavy atom. The van der Waals surface area contributed by atoms with E-state index in [9.17, 15) is 18.1 Å². The summed E-state index contributed by atoms with van der Waals surface area (Å²) in [4.78, 5) is -0.337. The summed E-state index contributed by atoms with van der Waals surface area (Å²) in [5.74, 6) is -0.250. The van der Waals surface area contributed by atoms with Gasteiger partial charge in [-0.05, 0) is 41.3 Å². The Hall–Kier alpha value is -0.250. The van der Waals surface area contributed by atoms with Gasteiger partial charge in [0.1, 0.15) is 10.1 Å². The van der Waals surface area contributed by atoms with Crippen LogP contribution in [-0.4, -0.2) is 13.0 Å². The van der Waals surface area contributed by atoms with E-state index in [1.54, 1.807) is 12.1 Å². The molecule has 0 bridgehead atoms. The Morgan fingerprint density at radius 3 is 1.96 bits per heavy atom. The van der Waals surface area contributed by atoms with E-state index in [-0.39, 0.29) is 80.9 Å². The first-order valence-electron chi connectivity index (χ1n) is 6.86. The fourth-order valence-corrected chi connectivity index (χ4v) is 2.32. The van der Waals surface area contributed by atoms with E-state index in [0.29, 0.717) is 5.69 Å². The van der Waals surface area contributed by atoms with Crippen LogP contribution in [0.25, 0.3) is 0 Å². The van der Waals surface area contributed by atoms with E-state index >= 15 is 0 Å². The van der Waals surface area contributed by atoms with Crippen LogP contribution in [-0.2, 0) is 15.5 Å². The summed E-state index contributed by atoms with van der Waals surface area (Å²) in [6, 6.07) is 9.90. The van der Waals surface area contributed by atoms with E-state index in [0.717, 1.165) is 17.7 Å². The van der Waals surface area contributed by atoms with Gasteiger partial charge in [0.05, 0.1) is 16.3 Å². The predicted octanol–water partition coefficient (Wildman–Crippen LogP) is -2.61. The molecule has 0 fully saturated rings. The third-order valence-electron chi connectivity index (χ3n) is 3.22. The molecule has 0 unspecified atom stereocenters. The molecule has 0 saturated carbocycles. The molecule has 0 aromatic heterocycles. The molecule has 0 atom stereocenters. The maximum Gasteiger partial charge on any atom is 1.00 e. The molecule has 0 heterocycles. The van der Waals surface area contributed by atoms with Gasteiger partial charge in [-0.1, -0.05) is 38.7 Å². The van der Waals surface area contributed by atoms with Crippen molar-refractivity contribution >= 4 is 21.5 Å². The van der Waals surface area contributed by atoms with Gasteiger partial charge in [-0.15, -0.1) is 0 Å². The van der Waals surface area contributed by atoms with E-state index in [2.05, 4.69) is 10.2 Å². The summed E-state index contributed by atoms with van der Waals surface area (Å²) < 4.78 is 32.5. The maximum absolute atomic E-state index is 11.8. The predicted molar refractivity (Wildman–Crippen MR) is 83.2 cm³/mol. The molecule has 0 saturated heterocycles. The fourth-order valence-electron chi connectivity index (χ4n) is 1.85. The summed E-state index contributed by atoms with van der Waals surface area (Å²) in [7, 11) is -4.49. The molecule has 0 spiro atoms. The molecule has 0 amide bonds. The topological polar surface area (TPSA) is 105 Å². The minimum Gasteiger partial charge on any atom is -0.871 e. The first-order chi connectivity index (χ1) is 10.6. The number of rotatable bonds is 3. The number of hydrogen-bond donors (Lipinski definition) is 0. The molecule has 0 aliphatic carbocycles. The second kappa shape index (κ2) is 9.62. The van der Waals surface area contributed by atoms with Gasteiger partial charge in [0.25, 0.3) is 0 Å². The van der Waals surface area contributed by atoms with Crippen molar-refractivity contribution < 1.29 is 77.2 Å². The summed E-state index contributed by atoms with van der Waals surface area (Å²) in [5.41, 5.74) is 1.39.